The fraction of sp³-hybridized carbons (Fsp3) is 0.565. The third-order valence-electron chi connectivity index (χ3n) is 5.79. The number of aromatic nitrogens is 1. The highest BCUT2D eigenvalue weighted by atomic mass is 32.1. The van der Waals surface area contributed by atoms with Gasteiger partial charge in [-0.2, -0.15) is 0 Å². The Balaban J connectivity index is 1.29. The highest BCUT2D eigenvalue weighted by molar-refractivity contribution is 7.20. The molecule has 31 heavy (non-hydrogen) atoms. The summed E-state index contributed by atoms with van der Waals surface area (Å²) in [4.78, 5) is 18.8. The van der Waals surface area contributed by atoms with Crippen LogP contribution in [-0.4, -0.2) is 62.9 Å². The zero-order valence-corrected chi connectivity index (χ0v) is 20.5. The van der Waals surface area contributed by atoms with E-state index in [1.165, 1.54) is 11.1 Å². The lowest BCUT2D eigenvalue weighted by molar-refractivity contribution is 0.0702. The second-order valence-corrected chi connectivity index (χ2v) is 16.1. The van der Waals surface area contributed by atoms with Crippen LogP contribution in [0.4, 0.5) is 4.79 Å². The van der Waals surface area contributed by atoms with Crippen molar-refractivity contribution in [3.8, 4) is 5.19 Å². The van der Waals surface area contributed by atoms with Gasteiger partial charge in [0.25, 0.3) is 5.19 Å². The quantitative estimate of drug-likeness (QED) is 0.515. The fourth-order valence-corrected chi connectivity index (χ4v) is 5.45. The summed E-state index contributed by atoms with van der Waals surface area (Å²) in [5.41, 5.74) is 3.61. The van der Waals surface area contributed by atoms with Gasteiger partial charge in [-0.15, -0.1) is 19.2 Å². The van der Waals surface area contributed by atoms with Gasteiger partial charge in [0.05, 0.1) is 16.8 Å². The van der Waals surface area contributed by atoms with E-state index < -0.39 is 8.07 Å². The molecule has 2 aromatic rings. The summed E-state index contributed by atoms with van der Waals surface area (Å²) in [6.45, 7) is 10.5. The van der Waals surface area contributed by atoms with Crippen molar-refractivity contribution in [1.29, 1.82) is 0 Å². The van der Waals surface area contributed by atoms with Crippen LogP contribution in [0.2, 0.25) is 25.7 Å². The average Bonchev–Trinajstić information content (AvgIpc) is 3.15. The maximum atomic E-state index is 12.3. The number of nitrogens with zero attached hydrogens (tertiary/aromatic N) is 3. The van der Waals surface area contributed by atoms with Crippen molar-refractivity contribution >= 4 is 41.3 Å². The SMILES string of the molecule is C[Si](C)(C)CCOC(=O)N1CCC(Oc2nc3ccc(C4=CC[N-]CC4)cc3s2)CC1. The van der Waals surface area contributed by atoms with Crippen LogP contribution < -0.4 is 4.74 Å². The summed E-state index contributed by atoms with van der Waals surface area (Å²) in [5.74, 6) is 0. The van der Waals surface area contributed by atoms with E-state index in [1.54, 1.807) is 16.2 Å². The first kappa shape index (κ1) is 22.3. The van der Waals surface area contributed by atoms with Gasteiger partial charge >= 0.3 is 6.09 Å². The predicted octanol–water partition coefficient (Wildman–Crippen LogP) is 5.78. The Bertz CT molecular complexity index is 945. The lowest BCUT2D eigenvalue weighted by Crippen LogP contribution is -2.42. The van der Waals surface area contributed by atoms with Crippen LogP contribution in [-0.2, 0) is 4.74 Å². The molecule has 3 heterocycles. The van der Waals surface area contributed by atoms with E-state index >= 15 is 0 Å². The van der Waals surface area contributed by atoms with Gasteiger partial charge < -0.3 is 19.7 Å². The van der Waals surface area contributed by atoms with E-state index in [-0.39, 0.29) is 12.2 Å². The van der Waals surface area contributed by atoms with Crippen LogP contribution in [0, 0.1) is 0 Å². The standard InChI is InChI=1S/C23H32N3O3SSi/c1-31(2,3)15-14-28-23(27)26-12-8-19(9-13-26)29-22-25-20-5-4-18(16-21(20)30-22)17-6-10-24-11-7-17/h4-6,16,19H,7-15H2,1-3H3/q-1. The van der Waals surface area contributed by atoms with Gasteiger partial charge in [0.1, 0.15) is 6.10 Å². The van der Waals surface area contributed by atoms with E-state index in [0.717, 1.165) is 53.8 Å². The third-order valence-corrected chi connectivity index (χ3v) is 8.40. The summed E-state index contributed by atoms with van der Waals surface area (Å²) < 4.78 is 12.8. The number of piperidine rings is 1. The molecule has 0 spiro atoms. The number of hydrogen-bond donors (Lipinski definition) is 0. The molecule has 1 fully saturated rings. The average molecular weight is 459 g/mol. The fourth-order valence-electron chi connectivity index (χ4n) is 3.82. The molecule has 1 aromatic heterocycles. The Morgan fingerprint density at radius 2 is 2.10 bits per heavy atom. The van der Waals surface area contributed by atoms with Crippen molar-refractivity contribution in [3.63, 3.8) is 0 Å². The van der Waals surface area contributed by atoms with Gasteiger partial charge in [0.2, 0.25) is 0 Å². The maximum absolute atomic E-state index is 12.3. The number of benzene rings is 1. The van der Waals surface area contributed by atoms with Crippen molar-refractivity contribution in [3.05, 3.63) is 35.2 Å². The molecule has 8 heteroatoms. The van der Waals surface area contributed by atoms with Crippen LogP contribution in [0.5, 0.6) is 5.19 Å². The first-order valence-electron chi connectivity index (χ1n) is 11.2. The number of amides is 1. The topological polar surface area (TPSA) is 65.8 Å². The Hall–Kier alpha value is -1.90. The molecule has 0 saturated carbocycles. The van der Waals surface area contributed by atoms with Crippen LogP contribution in [0.15, 0.2) is 24.3 Å². The minimum atomic E-state index is -1.18. The minimum Gasteiger partial charge on any atom is -0.659 e. The number of likely N-dealkylation sites (tertiary alicyclic amines) is 1. The van der Waals surface area contributed by atoms with E-state index in [4.69, 9.17) is 9.47 Å². The molecule has 2 aliphatic rings. The third kappa shape index (κ3) is 6.08. The van der Waals surface area contributed by atoms with Gasteiger partial charge in [-0.05, 0) is 35.7 Å². The number of ether oxygens (including phenoxy) is 2. The van der Waals surface area contributed by atoms with Crippen LogP contribution in [0.1, 0.15) is 24.8 Å². The minimum absolute atomic E-state index is 0.0914. The molecule has 4 rings (SSSR count). The summed E-state index contributed by atoms with van der Waals surface area (Å²) in [7, 11) is -1.18. The summed E-state index contributed by atoms with van der Waals surface area (Å²) in [6, 6.07) is 7.45. The highest BCUT2D eigenvalue weighted by Crippen LogP contribution is 2.33. The molecule has 0 atom stereocenters. The molecule has 6 nitrogen and oxygen atoms in total. The Morgan fingerprint density at radius 3 is 2.81 bits per heavy atom. The lowest BCUT2D eigenvalue weighted by Gasteiger charge is -2.31. The van der Waals surface area contributed by atoms with Crippen molar-refractivity contribution in [2.45, 2.75) is 51.1 Å². The molecule has 1 amide bonds. The molecule has 1 aromatic carbocycles. The Labute approximate surface area is 189 Å². The van der Waals surface area contributed by atoms with Crippen molar-refractivity contribution in [2.24, 2.45) is 0 Å². The Kier molecular flexibility index (Phi) is 6.98. The molecule has 0 unspecified atom stereocenters. The number of rotatable bonds is 6. The zero-order chi connectivity index (χ0) is 21.8. The molecule has 168 valence electrons. The number of fused-ring (bicyclic) bond motifs is 1. The number of carbonyl (C=O) groups is 1. The van der Waals surface area contributed by atoms with Gasteiger partial charge in [-0.25, -0.2) is 9.78 Å². The van der Waals surface area contributed by atoms with Crippen LogP contribution in [0.3, 0.4) is 0 Å². The monoisotopic (exact) mass is 458 g/mol. The first-order valence-corrected chi connectivity index (χ1v) is 15.7. The number of hydrogen-bond acceptors (Lipinski definition) is 5. The van der Waals surface area contributed by atoms with Crippen molar-refractivity contribution < 1.29 is 14.3 Å². The van der Waals surface area contributed by atoms with Gasteiger partial charge in [-0.3, -0.25) is 0 Å². The smallest absolute Gasteiger partial charge is 0.409 e. The second kappa shape index (κ2) is 9.71. The first-order chi connectivity index (χ1) is 14.9. The van der Waals surface area contributed by atoms with Gasteiger partial charge in [-0.1, -0.05) is 37.0 Å². The predicted molar refractivity (Wildman–Crippen MR) is 130 cm³/mol. The van der Waals surface area contributed by atoms with E-state index in [1.807, 2.05) is 0 Å². The van der Waals surface area contributed by atoms with E-state index in [0.29, 0.717) is 19.7 Å². The van der Waals surface area contributed by atoms with Crippen LogP contribution >= 0.6 is 11.3 Å². The molecular weight excluding hydrogens is 426 g/mol. The van der Waals surface area contributed by atoms with Gasteiger partial charge in [0, 0.05) is 34.0 Å². The molecule has 0 aliphatic carbocycles. The van der Waals surface area contributed by atoms with Crippen molar-refractivity contribution in [1.82, 2.24) is 9.88 Å². The molecule has 0 N–H and O–H groups in total. The molecule has 0 radical (unpaired) electrons. The number of thiazole rings is 1. The van der Waals surface area contributed by atoms with E-state index in [9.17, 15) is 4.79 Å². The van der Waals surface area contributed by atoms with E-state index in [2.05, 4.69) is 54.2 Å². The largest absolute Gasteiger partial charge is 0.659 e. The van der Waals surface area contributed by atoms with Crippen LogP contribution in [0.25, 0.3) is 21.1 Å². The summed E-state index contributed by atoms with van der Waals surface area (Å²) in [6.07, 6.45) is 4.74. The Morgan fingerprint density at radius 1 is 1.29 bits per heavy atom. The molecule has 1 saturated heterocycles. The number of carbonyl (C=O) groups excluding carboxylic acids is 1. The summed E-state index contributed by atoms with van der Waals surface area (Å²) >= 11 is 1.60. The maximum Gasteiger partial charge on any atom is 0.409 e. The second-order valence-electron chi connectivity index (χ2n) is 9.50. The zero-order valence-electron chi connectivity index (χ0n) is 18.7. The normalized spacial score (nSPS) is 18.2. The van der Waals surface area contributed by atoms with Crippen molar-refractivity contribution in [2.75, 3.05) is 32.8 Å². The van der Waals surface area contributed by atoms with Gasteiger partial charge in [0.15, 0.2) is 0 Å². The summed E-state index contributed by atoms with van der Waals surface area (Å²) in [5, 5.41) is 5.11. The lowest BCUT2D eigenvalue weighted by atomic mass is 10.0. The molecular formula is C23H32N3O3SSi-. The molecule has 2 aliphatic heterocycles. The highest BCUT2D eigenvalue weighted by Gasteiger charge is 2.26. The molecule has 0 bridgehead atoms.